The molecule has 1 unspecified atom stereocenters. The molecule has 0 spiro atoms. The molecule has 1 atom stereocenters. The van der Waals surface area contributed by atoms with Crippen LogP contribution in [0.25, 0.3) is 0 Å². The Morgan fingerprint density at radius 3 is 2.55 bits per heavy atom. The number of alkyl halides is 3. The second-order valence-corrected chi connectivity index (χ2v) is 6.72. The number of rotatable bonds is 3. The molecule has 1 fully saturated rings. The highest BCUT2D eigenvalue weighted by molar-refractivity contribution is 8.12. The standard InChI is InChI=1S/C14H18F3NOS/c1-11-6-8-18(9-7-11)20(2)13-5-3-4-12(10-13)19-14(15,16)17/h3-5,10-11H,2,6-9H2,1H3. The number of piperidine rings is 1. The second-order valence-electron chi connectivity index (χ2n) is 5.00. The van der Waals surface area contributed by atoms with Crippen LogP contribution in [0, 0.1) is 5.92 Å². The molecular formula is C14H18F3NOS. The van der Waals surface area contributed by atoms with E-state index in [-0.39, 0.29) is 5.75 Å². The summed E-state index contributed by atoms with van der Waals surface area (Å²) < 4.78 is 42.9. The zero-order valence-corrected chi connectivity index (χ0v) is 12.1. The van der Waals surface area contributed by atoms with Crippen LogP contribution in [0.15, 0.2) is 29.2 Å². The van der Waals surface area contributed by atoms with Gasteiger partial charge in [0.25, 0.3) is 0 Å². The first-order valence-electron chi connectivity index (χ1n) is 6.50. The fourth-order valence-corrected chi connectivity index (χ4v) is 3.61. The summed E-state index contributed by atoms with van der Waals surface area (Å²) in [5.74, 6) is 4.64. The van der Waals surface area contributed by atoms with Gasteiger partial charge in [0.1, 0.15) is 5.75 Å². The van der Waals surface area contributed by atoms with Crippen LogP contribution in [0.3, 0.4) is 0 Å². The van der Waals surface area contributed by atoms with Gasteiger partial charge in [0.05, 0.1) is 0 Å². The van der Waals surface area contributed by atoms with Crippen LogP contribution in [0.5, 0.6) is 5.75 Å². The van der Waals surface area contributed by atoms with E-state index < -0.39 is 17.0 Å². The monoisotopic (exact) mass is 305 g/mol. The Morgan fingerprint density at radius 2 is 1.95 bits per heavy atom. The molecule has 0 radical (unpaired) electrons. The Hall–Kier alpha value is -1.01. The van der Waals surface area contributed by atoms with Gasteiger partial charge in [-0.05, 0) is 37.0 Å². The molecule has 1 aromatic rings. The van der Waals surface area contributed by atoms with E-state index >= 15 is 0 Å². The van der Waals surface area contributed by atoms with Gasteiger partial charge in [-0.25, -0.2) is 0 Å². The minimum atomic E-state index is -4.65. The minimum absolute atomic E-state index is 0.179. The maximum absolute atomic E-state index is 12.2. The summed E-state index contributed by atoms with van der Waals surface area (Å²) in [7, 11) is -0.437. The van der Waals surface area contributed by atoms with E-state index in [9.17, 15) is 13.2 Å². The van der Waals surface area contributed by atoms with Crippen molar-refractivity contribution in [2.75, 3.05) is 13.1 Å². The van der Waals surface area contributed by atoms with Gasteiger partial charge in [0.2, 0.25) is 0 Å². The average molecular weight is 305 g/mol. The fourth-order valence-electron chi connectivity index (χ4n) is 2.17. The number of benzene rings is 1. The highest BCUT2D eigenvalue weighted by Crippen LogP contribution is 2.35. The topological polar surface area (TPSA) is 12.5 Å². The molecule has 20 heavy (non-hydrogen) atoms. The van der Waals surface area contributed by atoms with Gasteiger partial charge >= 0.3 is 6.36 Å². The molecule has 0 aliphatic carbocycles. The van der Waals surface area contributed by atoms with Crippen molar-refractivity contribution < 1.29 is 17.9 Å². The summed E-state index contributed by atoms with van der Waals surface area (Å²) in [6, 6.07) is 6.12. The molecule has 1 aliphatic heterocycles. The van der Waals surface area contributed by atoms with Crippen LogP contribution < -0.4 is 4.74 Å². The lowest BCUT2D eigenvalue weighted by molar-refractivity contribution is -0.274. The van der Waals surface area contributed by atoms with Crippen LogP contribution >= 0.6 is 10.7 Å². The molecule has 0 aromatic heterocycles. The van der Waals surface area contributed by atoms with Crippen LogP contribution in [0.4, 0.5) is 13.2 Å². The molecule has 2 nitrogen and oxygen atoms in total. The summed E-state index contributed by atoms with van der Waals surface area (Å²) in [6.45, 7) is 4.10. The molecule has 1 aromatic carbocycles. The molecule has 2 rings (SSSR count). The van der Waals surface area contributed by atoms with E-state index in [1.54, 1.807) is 12.1 Å². The van der Waals surface area contributed by atoms with Crippen molar-refractivity contribution in [1.29, 1.82) is 0 Å². The van der Waals surface area contributed by atoms with E-state index in [0.29, 0.717) is 5.92 Å². The highest BCUT2D eigenvalue weighted by Gasteiger charge is 2.31. The Kier molecular flexibility index (Phi) is 4.75. The average Bonchev–Trinajstić information content (AvgIpc) is 2.37. The SMILES string of the molecule is C=S(c1cccc(OC(F)(F)F)c1)N1CCC(C)CC1. The van der Waals surface area contributed by atoms with E-state index in [1.807, 2.05) is 0 Å². The molecule has 1 heterocycles. The Balaban J connectivity index is 2.08. The molecular weight excluding hydrogens is 287 g/mol. The van der Waals surface area contributed by atoms with Crippen molar-refractivity contribution in [3.63, 3.8) is 0 Å². The van der Waals surface area contributed by atoms with Gasteiger partial charge in [-0.15, -0.1) is 13.2 Å². The van der Waals surface area contributed by atoms with E-state index in [2.05, 4.69) is 21.8 Å². The summed E-state index contributed by atoms with van der Waals surface area (Å²) in [4.78, 5) is 0.779. The van der Waals surface area contributed by atoms with Gasteiger partial charge in [0, 0.05) is 18.0 Å². The van der Waals surface area contributed by atoms with Crippen molar-refractivity contribution in [2.45, 2.75) is 31.0 Å². The number of nitrogens with zero attached hydrogens (tertiary/aromatic N) is 1. The van der Waals surface area contributed by atoms with E-state index in [1.165, 1.54) is 12.1 Å². The van der Waals surface area contributed by atoms with Crippen molar-refractivity contribution in [3.8, 4) is 5.75 Å². The summed E-state index contributed by atoms with van der Waals surface area (Å²) in [5.41, 5.74) is 0. The van der Waals surface area contributed by atoms with Crippen molar-refractivity contribution in [2.24, 2.45) is 5.92 Å². The quantitative estimate of drug-likeness (QED) is 0.772. The molecule has 0 amide bonds. The minimum Gasteiger partial charge on any atom is -0.406 e. The molecule has 0 bridgehead atoms. The van der Waals surface area contributed by atoms with Gasteiger partial charge < -0.3 is 4.74 Å². The number of hydrogen-bond acceptors (Lipinski definition) is 2. The van der Waals surface area contributed by atoms with Crippen LogP contribution in [0.1, 0.15) is 19.8 Å². The lowest BCUT2D eigenvalue weighted by atomic mass is 10.0. The normalized spacial score (nSPS) is 19.8. The van der Waals surface area contributed by atoms with E-state index in [0.717, 1.165) is 30.8 Å². The first-order chi connectivity index (χ1) is 9.35. The van der Waals surface area contributed by atoms with Gasteiger partial charge in [-0.1, -0.05) is 29.5 Å². The summed E-state index contributed by atoms with van der Waals surface area (Å²) in [5, 5.41) is 0. The predicted molar refractivity (Wildman–Crippen MR) is 76.1 cm³/mol. The third kappa shape index (κ3) is 4.24. The Bertz CT molecular complexity index is 482. The fraction of sp³-hybridized carbons (Fsp3) is 0.500. The largest absolute Gasteiger partial charge is 0.573 e. The Labute approximate surface area is 119 Å². The molecule has 1 saturated heterocycles. The maximum Gasteiger partial charge on any atom is 0.573 e. The molecule has 0 saturated carbocycles. The highest BCUT2D eigenvalue weighted by atomic mass is 32.2. The lowest BCUT2D eigenvalue weighted by Gasteiger charge is -2.32. The molecule has 6 heteroatoms. The third-order valence-corrected chi connectivity index (χ3v) is 5.15. The molecule has 0 N–H and O–H groups in total. The smallest absolute Gasteiger partial charge is 0.406 e. The van der Waals surface area contributed by atoms with E-state index in [4.69, 9.17) is 0 Å². The summed E-state index contributed by atoms with van der Waals surface area (Å²) in [6.07, 6.45) is -2.44. The Morgan fingerprint density at radius 1 is 1.30 bits per heavy atom. The number of ether oxygens (including phenoxy) is 1. The lowest BCUT2D eigenvalue weighted by Crippen LogP contribution is -2.28. The zero-order valence-electron chi connectivity index (χ0n) is 11.3. The van der Waals surface area contributed by atoms with Crippen molar-refractivity contribution in [1.82, 2.24) is 4.31 Å². The number of hydrogen-bond donors (Lipinski definition) is 0. The van der Waals surface area contributed by atoms with Gasteiger partial charge in [-0.3, -0.25) is 4.31 Å². The molecule has 112 valence electrons. The first kappa shape index (κ1) is 15.4. The third-order valence-electron chi connectivity index (χ3n) is 3.37. The first-order valence-corrected chi connectivity index (χ1v) is 7.85. The van der Waals surface area contributed by atoms with Crippen LogP contribution in [0.2, 0.25) is 0 Å². The van der Waals surface area contributed by atoms with Crippen LogP contribution in [-0.2, 0) is 0 Å². The van der Waals surface area contributed by atoms with Crippen LogP contribution in [-0.4, -0.2) is 29.6 Å². The van der Waals surface area contributed by atoms with Gasteiger partial charge in [-0.2, -0.15) is 0 Å². The predicted octanol–water partition coefficient (Wildman–Crippen LogP) is 4.29. The number of halogens is 3. The van der Waals surface area contributed by atoms with Crippen molar-refractivity contribution >= 4 is 16.5 Å². The van der Waals surface area contributed by atoms with Crippen molar-refractivity contribution in [3.05, 3.63) is 24.3 Å². The molecule has 1 aliphatic rings. The summed E-state index contributed by atoms with van der Waals surface area (Å²) >= 11 is 0. The zero-order chi connectivity index (χ0) is 14.8. The maximum atomic E-state index is 12.2. The van der Waals surface area contributed by atoms with Gasteiger partial charge in [0.15, 0.2) is 0 Å². The second kappa shape index (κ2) is 6.18.